The van der Waals surface area contributed by atoms with Crippen LogP contribution in [0, 0.1) is 0 Å². The fraction of sp³-hybridized carbons (Fsp3) is 0.562. The zero-order valence-corrected chi connectivity index (χ0v) is 12.6. The molecule has 0 aliphatic carbocycles. The molecule has 0 amide bonds. The third kappa shape index (κ3) is 6.22. The number of ether oxygens (including phenoxy) is 1. The van der Waals surface area contributed by atoms with Gasteiger partial charge in [-0.15, -0.1) is 0 Å². The van der Waals surface area contributed by atoms with Crippen LogP contribution in [-0.2, 0) is 4.74 Å². The van der Waals surface area contributed by atoms with Crippen LogP contribution in [-0.4, -0.2) is 39.6 Å². The SMILES string of the molecule is O=C(OCCCCCCCCCO)c1cc(O)c(O)c(O)c1. The molecule has 0 radical (unpaired) electrons. The molecule has 0 aromatic heterocycles. The molecule has 22 heavy (non-hydrogen) atoms. The Morgan fingerprint density at radius 2 is 1.36 bits per heavy atom. The van der Waals surface area contributed by atoms with E-state index in [2.05, 4.69) is 0 Å². The minimum atomic E-state index is -0.655. The average Bonchev–Trinajstić information content (AvgIpc) is 2.50. The summed E-state index contributed by atoms with van der Waals surface area (Å²) in [4.78, 5) is 11.7. The van der Waals surface area contributed by atoms with E-state index in [0.717, 1.165) is 57.1 Å². The number of esters is 1. The number of aromatic hydroxyl groups is 3. The molecule has 0 aliphatic rings. The highest BCUT2D eigenvalue weighted by Crippen LogP contribution is 2.35. The topological polar surface area (TPSA) is 107 Å². The highest BCUT2D eigenvalue weighted by molar-refractivity contribution is 5.91. The summed E-state index contributed by atoms with van der Waals surface area (Å²) < 4.78 is 5.05. The Morgan fingerprint density at radius 1 is 0.864 bits per heavy atom. The Kier molecular flexibility index (Phi) is 8.14. The van der Waals surface area contributed by atoms with Crippen LogP contribution >= 0.6 is 0 Å². The van der Waals surface area contributed by atoms with E-state index in [4.69, 9.17) is 9.84 Å². The second-order valence-electron chi connectivity index (χ2n) is 5.20. The maximum atomic E-state index is 11.7. The van der Waals surface area contributed by atoms with Crippen LogP contribution in [0.2, 0.25) is 0 Å². The number of aliphatic hydroxyl groups is 1. The fourth-order valence-electron chi connectivity index (χ4n) is 2.07. The van der Waals surface area contributed by atoms with E-state index in [1.807, 2.05) is 0 Å². The first-order valence-corrected chi connectivity index (χ1v) is 7.59. The van der Waals surface area contributed by atoms with Crippen molar-refractivity contribution in [2.45, 2.75) is 44.9 Å². The van der Waals surface area contributed by atoms with Gasteiger partial charge in [-0.1, -0.05) is 32.1 Å². The van der Waals surface area contributed by atoms with Gasteiger partial charge in [0.25, 0.3) is 0 Å². The van der Waals surface area contributed by atoms with E-state index in [1.54, 1.807) is 0 Å². The molecule has 0 unspecified atom stereocenters. The number of carbonyl (C=O) groups is 1. The summed E-state index contributed by atoms with van der Waals surface area (Å²) in [6.07, 6.45) is 6.87. The van der Waals surface area contributed by atoms with Crippen LogP contribution in [0.3, 0.4) is 0 Å². The molecule has 0 saturated carbocycles. The van der Waals surface area contributed by atoms with Crippen LogP contribution < -0.4 is 0 Å². The summed E-state index contributed by atoms with van der Waals surface area (Å²) in [6, 6.07) is 2.11. The fourth-order valence-corrected chi connectivity index (χ4v) is 2.07. The largest absolute Gasteiger partial charge is 0.504 e. The Labute approximate surface area is 130 Å². The van der Waals surface area contributed by atoms with Crippen molar-refractivity contribution < 1.29 is 30.0 Å². The lowest BCUT2D eigenvalue weighted by Gasteiger charge is -2.07. The first-order valence-electron chi connectivity index (χ1n) is 7.59. The van der Waals surface area contributed by atoms with Crippen LogP contribution in [0.15, 0.2) is 12.1 Å². The number of rotatable bonds is 10. The van der Waals surface area contributed by atoms with Gasteiger partial charge in [0.1, 0.15) is 0 Å². The third-order valence-corrected chi connectivity index (χ3v) is 3.34. The van der Waals surface area contributed by atoms with Gasteiger partial charge in [0.15, 0.2) is 17.2 Å². The number of hydrogen-bond acceptors (Lipinski definition) is 6. The van der Waals surface area contributed by atoms with E-state index in [1.165, 1.54) is 0 Å². The Bertz CT molecular complexity index is 449. The van der Waals surface area contributed by atoms with Gasteiger partial charge in [-0.25, -0.2) is 4.79 Å². The number of phenolic OH excluding ortho intramolecular Hbond substituents is 3. The van der Waals surface area contributed by atoms with Gasteiger partial charge in [-0.2, -0.15) is 0 Å². The average molecular weight is 312 g/mol. The normalized spacial score (nSPS) is 10.6. The van der Waals surface area contributed by atoms with E-state index in [9.17, 15) is 20.1 Å². The second-order valence-corrected chi connectivity index (χ2v) is 5.20. The van der Waals surface area contributed by atoms with Crippen molar-refractivity contribution in [1.82, 2.24) is 0 Å². The molecular weight excluding hydrogens is 288 g/mol. The molecule has 0 saturated heterocycles. The molecule has 0 fully saturated rings. The molecule has 0 spiro atoms. The minimum absolute atomic E-state index is 0.00296. The lowest BCUT2D eigenvalue weighted by atomic mass is 10.1. The van der Waals surface area contributed by atoms with Crippen LogP contribution in [0.4, 0.5) is 0 Å². The monoisotopic (exact) mass is 312 g/mol. The molecular formula is C16H24O6. The number of benzene rings is 1. The van der Waals surface area contributed by atoms with Crippen molar-refractivity contribution in [2.24, 2.45) is 0 Å². The molecule has 1 rings (SSSR count). The maximum Gasteiger partial charge on any atom is 0.338 e. The smallest absolute Gasteiger partial charge is 0.338 e. The highest BCUT2D eigenvalue weighted by Gasteiger charge is 2.14. The maximum absolute atomic E-state index is 11.7. The molecule has 0 atom stereocenters. The van der Waals surface area contributed by atoms with E-state index < -0.39 is 23.2 Å². The molecule has 0 aliphatic heterocycles. The molecule has 6 nitrogen and oxygen atoms in total. The summed E-state index contributed by atoms with van der Waals surface area (Å²) in [5.41, 5.74) is -0.00296. The van der Waals surface area contributed by atoms with Gasteiger partial charge in [-0.3, -0.25) is 0 Å². The van der Waals surface area contributed by atoms with E-state index >= 15 is 0 Å². The van der Waals surface area contributed by atoms with Crippen molar-refractivity contribution >= 4 is 5.97 Å². The Hall–Kier alpha value is -1.95. The van der Waals surface area contributed by atoms with Gasteiger partial charge in [-0.05, 0) is 25.0 Å². The molecule has 0 bridgehead atoms. The van der Waals surface area contributed by atoms with Crippen LogP contribution in [0.5, 0.6) is 17.2 Å². The summed E-state index contributed by atoms with van der Waals surface area (Å²) in [5.74, 6) is -2.42. The number of unbranched alkanes of at least 4 members (excludes halogenated alkanes) is 6. The first-order chi connectivity index (χ1) is 10.6. The number of phenols is 3. The van der Waals surface area contributed by atoms with Gasteiger partial charge >= 0.3 is 5.97 Å². The lowest BCUT2D eigenvalue weighted by molar-refractivity contribution is 0.0496. The summed E-state index contributed by atoms with van der Waals surface area (Å²) >= 11 is 0. The third-order valence-electron chi connectivity index (χ3n) is 3.34. The standard InChI is InChI=1S/C16H24O6/c17-8-6-4-2-1-3-5-7-9-22-16(21)12-10-13(18)15(20)14(19)11-12/h10-11,17-20H,1-9H2. The summed E-state index contributed by atoms with van der Waals surface area (Å²) in [7, 11) is 0. The number of hydrogen-bond donors (Lipinski definition) is 4. The molecule has 0 heterocycles. The zero-order chi connectivity index (χ0) is 16.4. The van der Waals surface area contributed by atoms with Gasteiger partial charge in [0, 0.05) is 6.61 Å². The predicted octanol–water partition coefficient (Wildman–Crippen LogP) is 2.68. The van der Waals surface area contributed by atoms with Gasteiger partial charge in [0.05, 0.1) is 12.2 Å². The van der Waals surface area contributed by atoms with E-state index in [0.29, 0.717) is 0 Å². The molecule has 1 aromatic carbocycles. The van der Waals surface area contributed by atoms with Crippen molar-refractivity contribution in [1.29, 1.82) is 0 Å². The molecule has 6 heteroatoms. The zero-order valence-electron chi connectivity index (χ0n) is 12.6. The van der Waals surface area contributed by atoms with Crippen molar-refractivity contribution in [2.75, 3.05) is 13.2 Å². The van der Waals surface area contributed by atoms with Crippen molar-refractivity contribution in [3.8, 4) is 17.2 Å². The van der Waals surface area contributed by atoms with E-state index in [-0.39, 0.29) is 18.8 Å². The van der Waals surface area contributed by atoms with Crippen molar-refractivity contribution in [3.05, 3.63) is 17.7 Å². The number of aliphatic hydroxyl groups excluding tert-OH is 1. The highest BCUT2D eigenvalue weighted by atomic mass is 16.5. The molecule has 1 aromatic rings. The molecule has 4 N–H and O–H groups in total. The second kappa shape index (κ2) is 9.89. The molecule has 124 valence electrons. The summed E-state index contributed by atoms with van der Waals surface area (Å²) in [5, 5.41) is 36.5. The van der Waals surface area contributed by atoms with Crippen LogP contribution in [0.25, 0.3) is 0 Å². The summed E-state index contributed by atoms with van der Waals surface area (Å²) in [6.45, 7) is 0.524. The van der Waals surface area contributed by atoms with Gasteiger partial charge in [0.2, 0.25) is 0 Å². The Morgan fingerprint density at radius 3 is 1.91 bits per heavy atom. The van der Waals surface area contributed by atoms with Crippen molar-refractivity contribution in [3.63, 3.8) is 0 Å². The lowest BCUT2D eigenvalue weighted by Crippen LogP contribution is -2.06. The quantitative estimate of drug-likeness (QED) is 0.300. The predicted molar refractivity (Wildman–Crippen MR) is 81.1 cm³/mol. The first kappa shape index (κ1) is 18.1. The minimum Gasteiger partial charge on any atom is -0.504 e. The number of carbonyl (C=O) groups excluding carboxylic acids is 1. The van der Waals surface area contributed by atoms with Gasteiger partial charge < -0.3 is 25.2 Å². The Balaban J connectivity index is 2.19. The van der Waals surface area contributed by atoms with Crippen LogP contribution in [0.1, 0.15) is 55.3 Å².